The molecule has 100 valence electrons. The van der Waals surface area contributed by atoms with E-state index in [9.17, 15) is 4.39 Å². The van der Waals surface area contributed by atoms with E-state index in [0.29, 0.717) is 12.1 Å². The van der Waals surface area contributed by atoms with Gasteiger partial charge in [-0.15, -0.1) is 0 Å². The van der Waals surface area contributed by atoms with E-state index < -0.39 is 0 Å². The van der Waals surface area contributed by atoms with Gasteiger partial charge in [-0.2, -0.15) is 0 Å². The second kappa shape index (κ2) is 6.83. The molecule has 1 atom stereocenters. The summed E-state index contributed by atoms with van der Waals surface area (Å²) in [6.45, 7) is 7.31. The van der Waals surface area contributed by atoms with Crippen LogP contribution in [-0.2, 0) is 11.3 Å². The first-order chi connectivity index (χ1) is 8.79. The summed E-state index contributed by atoms with van der Waals surface area (Å²) >= 11 is 0. The lowest BCUT2D eigenvalue weighted by Gasteiger charge is -2.32. The number of nitrogens with one attached hydrogen (secondary N) is 1. The number of hydrogen-bond donors (Lipinski definition) is 1. The smallest absolute Gasteiger partial charge is 0.127 e. The van der Waals surface area contributed by atoms with Crippen LogP contribution in [0.2, 0.25) is 0 Å². The fourth-order valence-electron chi connectivity index (χ4n) is 2.20. The average Bonchev–Trinajstić information content (AvgIpc) is 2.41. The number of nitrogens with zero attached hydrogens (tertiary/aromatic N) is 1. The van der Waals surface area contributed by atoms with E-state index in [1.54, 1.807) is 6.07 Å². The van der Waals surface area contributed by atoms with Crippen molar-refractivity contribution in [2.24, 2.45) is 0 Å². The zero-order valence-electron chi connectivity index (χ0n) is 10.9. The summed E-state index contributed by atoms with van der Waals surface area (Å²) < 4.78 is 19.1. The van der Waals surface area contributed by atoms with Crippen molar-refractivity contribution in [3.63, 3.8) is 0 Å². The molecule has 0 aromatic heterocycles. The van der Waals surface area contributed by atoms with E-state index in [-0.39, 0.29) is 11.9 Å². The maximum absolute atomic E-state index is 13.4. The lowest BCUT2D eigenvalue weighted by Crippen LogP contribution is -2.46. The summed E-state index contributed by atoms with van der Waals surface area (Å²) in [5, 5.41) is 3.27. The summed E-state index contributed by atoms with van der Waals surface area (Å²) in [6.07, 6.45) is 0.213. The Labute approximate surface area is 108 Å². The maximum atomic E-state index is 13.4. The van der Waals surface area contributed by atoms with E-state index >= 15 is 0 Å². The van der Waals surface area contributed by atoms with E-state index in [4.69, 9.17) is 4.74 Å². The van der Waals surface area contributed by atoms with E-state index in [1.807, 2.05) is 12.1 Å². The van der Waals surface area contributed by atoms with Gasteiger partial charge in [-0.05, 0) is 12.6 Å². The highest BCUT2D eigenvalue weighted by Crippen LogP contribution is 2.07. The number of halogens is 1. The predicted molar refractivity (Wildman–Crippen MR) is 70.0 cm³/mol. The number of benzene rings is 1. The molecule has 1 aliphatic heterocycles. The molecule has 0 bridgehead atoms. The molecule has 1 unspecified atom stereocenters. The van der Waals surface area contributed by atoms with Crippen LogP contribution in [-0.4, -0.2) is 43.8 Å². The van der Waals surface area contributed by atoms with Crippen molar-refractivity contribution in [3.8, 4) is 0 Å². The van der Waals surface area contributed by atoms with Gasteiger partial charge in [0, 0.05) is 31.7 Å². The molecular weight excluding hydrogens is 231 g/mol. The standard InChI is InChI=1S/C14H21FN2O/c1-2-17-7-8-18-13(11-17)10-16-9-12-5-3-4-6-14(12)15/h3-6,13,16H,2,7-11H2,1H3. The molecule has 0 saturated carbocycles. The second-order valence-electron chi connectivity index (χ2n) is 4.61. The molecule has 1 N–H and O–H groups in total. The Hall–Kier alpha value is -0.970. The van der Waals surface area contributed by atoms with Crippen LogP contribution in [0.1, 0.15) is 12.5 Å². The SMILES string of the molecule is CCN1CCOC(CNCc2ccccc2F)C1. The van der Waals surface area contributed by atoms with Gasteiger partial charge >= 0.3 is 0 Å². The highest BCUT2D eigenvalue weighted by Gasteiger charge is 2.18. The van der Waals surface area contributed by atoms with Gasteiger partial charge in [-0.25, -0.2) is 4.39 Å². The number of ether oxygens (including phenoxy) is 1. The second-order valence-corrected chi connectivity index (χ2v) is 4.61. The summed E-state index contributed by atoms with van der Waals surface area (Å²) in [4.78, 5) is 2.37. The molecule has 0 aliphatic carbocycles. The third-order valence-corrected chi connectivity index (χ3v) is 3.32. The topological polar surface area (TPSA) is 24.5 Å². The van der Waals surface area contributed by atoms with E-state index in [0.717, 1.165) is 32.8 Å². The number of morpholine rings is 1. The van der Waals surface area contributed by atoms with Crippen molar-refractivity contribution in [3.05, 3.63) is 35.6 Å². The first kappa shape index (κ1) is 13.5. The molecule has 1 aliphatic rings. The van der Waals surface area contributed by atoms with Gasteiger partial charge in [0.2, 0.25) is 0 Å². The zero-order chi connectivity index (χ0) is 12.8. The highest BCUT2D eigenvalue weighted by atomic mass is 19.1. The van der Waals surface area contributed by atoms with Crippen LogP contribution in [0, 0.1) is 5.82 Å². The van der Waals surface area contributed by atoms with Crippen LogP contribution >= 0.6 is 0 Å². The van der Waals surface area contributed by atoms with E-state index in [1.165, 1.54) is 6.07 Å². The monoisotopic (exact) mass is 252 g/mol. The van der Waals surface area contributed by atoms with Crippen molar-refractivity contribution in [2.75, 3.05) is 32.8 Å². The van der Waals surface area contributed by atoms with Crippen molar-refractivity contribution in [1.82, 2.24) is 10.2 Å². The average molecular weight is 252 g/mol. The molecule has 18 heavy (non-hydrogen) atoms. The Kier molecular flexibility index (Phi) is 5.11. The number of rotatable bonds is 5. The third-order valence-electron chi connectivity index (χ3n) is 3.32. The predicted octanol–water partition coefficient (Wildman–Crippen LogP) is 1.64. The number of hydrogen-bond acceptors (Lipinski definition) is 3. The van der Waals surface area contributed by atoms with Crippen LogP contribution in [0.4, 0.5) is 4.39 Å². The molecule has 1 aromatic rings. The summed E-state index contributed by atoms with van der Waals surface area (Å²) in [5.41, 5.74) is 0.709. The minimum absolute atomic E-state index is 0.148. The van der Waals surface area contributed by atoms with Gasteiger partial charge in [-0.3, -0.25) is 4.90 Å². The van der Waals surface area contributed by atoms with Crippen LogP contribution < -0.4 is 5.32 Å². The molecule has 2 rings (SSSR count). The molecule has 3 nitrogen and oxygen atoms in total. The highest BCUT2D eigenvalue weighted by molar-refractivity contribution is 5.16. The van der Waals surface area contributed by atoms with E-state index in [2.05, 4.69) is 17.1 Å². The first-order valence-corrected chi connectivity index (χ1v) is 6.57. The zero-order valence-corrected chi connectivity index (χ0v) is 10.9. The third kappa shape index (κ3) is 3.77. The van der Waals surface area contributed by atoms with Crippen molar-refractivity contribution >= 4 is 0 Å². The molecule has 1 saturated heterocycles. The summed E-state index contributed by atoms with van der Waals surface area (Å²) in [5.74, 6) is -0.148. The Bertz CT molecular complexity index is 373. The molecule has 1 heterocycles. The molecule has 0 radical (unpaired) electrons. The van der Waals surface area contributed by atoms with Crippen molar-refractivity contribution < 1.29 is 9.13 Å². The van der Waals surface area contributed by atoms with Gasteiger partial charge < -0.3 is 10.1 Å². The van der Waals surface area contributed by atoms with Gasteiger partial charge in [0.15, 0.2) is 0 Å². The Morgan fingerprint density at radius 2 is 2.28 bits per heavy atom. The number of likely N-dealkylation sites (N-methyl/N-ethyl adjacent to an activating group) is 1. The van der Waals surface area contributed by atoms with Crippen LogP contribution in [0.3, 0.4) is 0 Å². The van der Waals surface area contributed by atoms with Gasteiger partial charge in [-0.1, -0.05) is 25.1 Å². The fourth-order valence-corrected chi connectivity index (χ4v) is 2.20. The fraction of sp³-hybridized carbons (Fsp3) is 0.571. The van der Waals surface area contributed by atoms with Gasteiger partial charge in [0.25, 0.3) is 0 Å². The van der Waals surface area contributed by atoms with Crippen LogP contribution in [0.15, 0.2) is 24.3 Å². The molecule has 0 amide bonds. The minimum atomic E-state index is -0.148. The normalized spacial score (nSPS) is 21.1. The van der Waals surface area contributed by atoms with Gasteiger partial charge in [0.1, 0.15) is 5.82 Å². The Balaban J connectivity index is 1.73. The molecule has 1 fully saturated rings. The van der Waals surface area contributed by atoms with Crippen LogP contribution in [0.25, 0.3) is 0 Å². The Morgan fingerprint density at radius 1 is 1.44 bits per heavy atom. The quantitative estimate of drug-likeness (QED) is 0.862. The molecule has 4 heteroatoms. The lowest BCUT2D eigenvalue weighted by molar-refractivity contribution is -0.0254. The molecular formula is C14H21FN2O. The lowest BCUT2D eigenvalue weighted by atomic mass is 10.2. The van der Waals surface area contributed by atoms with Gasteiger partial charge in [0.05, 0.1) is 12.7 Å². The van der Waals surface area contributed by atoms with Crippen molar-refractivity contribution in [2.45, 2.75) is 19.6 Å². The van der Waals surface area contributed by atoms with Crippen molar-refractivity contribution in [1.29, 1.82) is 0 Å². The first-order valence-electron chi connectivity index (χ1n) is 6.57. The maximum Gasteiger partial charge on any atom is 0.127 e. The van der Waals surface area contributed by atoms with Crippen LogP contribution in [0.5, 0.6) is 0 Å². The largest absolute Gasteiger partial charge is 0.374 e. The molecule has 1 aromatic carbocycles. The minimum Gasteiger partial charge on any atom is -0.374 e. The Morgan fingerprint density at radius 3 is 3.06 bits per heavy atom. The summed E-state index contributed by atoms with van der Waals surface area (Å²) in [7, 11) is 0. The summed E-state index contributed by atoms with van der Waals surface area (Å²) in [6, 6.07) is 6.87. The molecule has 0 spiro atoms.